The van der Waals surface area contributed by atoms with E-state index in [0.717, 1.165) is 11.8 Å². The zero-order chi connectivity index (χ0) is 19.1. The van der Waals surface area contributed by atoms with E-state index in [1.54, 1.807) is 31.2 Å². The number of ether oxygens (including phenoxy) is 1. The molecular formula is C18H21N3O4S. The van der Waals surface area contributed by atoms with E-state index >= 15 is 0 Å². The van der Waals surface area contributed by atoms with Crippen molar-refractivity contribution in [3.8, 4) is 0 Å². The second-order valence-corrected chi connectivity index (χ2v) is 6.77. The summed E-state index contributed by atoms with van der Waals surface area (Å²) in [6.45, 7) is 3.56. The Morgan fingerprint density at radius 1 is 1.31 bits per heavy atom. The first-order chi connectivity index (χ1) is 12.4. The molecule has 0 aliphatic rings. The third-order valence-corrected chi connectivity index (χ3v) is 4.87. The molecule has 1 aromatic carbocycles. The SMILES string of the molecule is CC[C@H](Sc1nc(C)cc(=O)[nH]1)C(=O)N[C@@H](C(=O)OC)c1ccccc1. The molecule has 0 aliphatic carbocycles. The van der Waals surface area contributed by atoms with E-state index in [4.69, 9.17) is 4.74 Å². The van der Waals surface area contributed by atoms with Crippen LogP contribution in [0, 0.1) is 6.92 Å². The minimum absolute atomic E-state index is 0.271. The lowest BCUT2D eigenvalue weighted by molar-refractivity contribution is -0.145. The summed E-state index contributed by atoms with van der Waals surface area (Å²) in [5, 5.41) is 2.58. The number of amides is 1. The molecule has 2 N–H and O–H groups in total. The fourth-order valence-corrected chi connectivity index (χ4v) is 3.31. The van der Waals surface area contributed by atoms with E-state index in [-0.39, 0.29) is 11.5 Å². The van der Waals surface area contributed by atoms with Crippen LogP contribution in [0.4, 0.5) is 0 Å². The van der Waals surface area contributed by atoms with Crippen LogP contribution in [0.5, 0.6) is 0 Å². The van der Waals surface area contributed by atoms with Crippen molar-refractivity contribution in [2.24, 2.45) is 0 Å². The Hall–Kier alpha value is -2.61. The van der Waals surface area contributed by atoms with Crippen LogP contribution in [0.3, 0.4) is 0 Å². The van der Waals surface area contributed by atoms with Gasteiger partial charge in [0.15, 0.2) is 11.2 Å². The van der Waals surface area contributed by atoms with Crippen molar-refractivity contribution in [3.63, 3.8) is 0 Å². The number of nitrogens with one attached hydrogen (secondary N) is 2. The monoisotopic (exact) mass is 375 g/mol. The first kappa shape index (κ1) is 19.7. The number of H-pyrrole nitrogens is 1. The number of carbonyl (C=O) groups excluding carboxylic acids is 2. The highest BCUT2D eigenvalue weighted by Crippen LogP contribution is 2.23. The van der Waals surface area contributed by atoms with E-state index in [9.17, 15) is 14.4 Å². The quantitative estimate of drug-likeness (QED) is 0.436. The smallest absolute Gasteiger partial charge is 0.333 e. The van der Waals surface area contributed by atoms with Gasteiger partial charge in [-0.25, -0.2) is 9.78 Å². The maximum atomic E-state index is 12.7. The zero-order valence-corrected chi connectivity index (χ0v) is 15.6. The Kier molecular flexibility index (Phi) is 6.97. The first-order valence-corrected chi connectivity index (χ1v) is 9.00. The largest absolute Gasteiger partial charge is 0.467 e. The molecule has 1 heterocycles. The summed E-state index contributed by atoms with van der Waals surface area (Å²) < 4.78 is 4.81. The van der Waals surface area contributed by atoms with E-state index in [1.807, 2.05) is 13.0 Å². The summed E-state index contributed by atoms with van der Waals surface area (Å²) >= 11 is 1.15. The van der Waals surface area contributed by atoms with Gasteiger partial charge in [-0.3, -0.25) is 9.59 Å². The van der Waals surface area contributed by atoms with Crippen LogP contribution in [0.25, 0.3) is 0 Å². The highest BCUT2D eigenvalue weighted by molar-refractivity contribution is 8.00. The Morgan fingerprint density at radius 3 is 2.58 bits per heavy atom. The van der Waals surface area contributed by atoms with Crippen molar-refractivity contribution in [3.05, 3.63) is 58.0 Å². The van der Waals surface area contributed by atoms with Crippen LogP contribution in [0.1, 0.15) is 30.6 Å². The lowest BCUT2D eigenvalue weighted by Gasteiger charge is -2.20. The minimum atomic E-state index is -0.895. The highest BCUT2D eigenvalue weighted by atomic mass is 32.2. The number of aromatic nitrogens is 2. The van der Waals surface area contributed by atoms with Crippen LogP contribution in [-0.4, -0.2) is 34.2 Å². The topological polar surface area (TPSA) is 101 Å². The molecule has 8 heteroatoms. The van der Waals surface area contributed by atoms with E-state index in [1.165, 1.54) is 13.2 Å². The van der Waals surface area contributed by atoms with E-state index < -0.39 is 17.3 Å². The van der Waals surface area contributed by atoms with E-state index in [2.05, 4.69) is 15.3 Å². The van der Waals surface area contributed by atoms with Crippen molar-refractivity contribution < 1.29 is 14.3 Å². The van der Waals surface area contributed by atoms with Gasteiger partial charge in [0, 0.05) is 11.8 Å². The predicted molar refractivity (Wildman–Crippen MR) is 98.9 cm³/mol. The second-order valence-electron chi connectivity index (χ2n) is 5.58. The van der Waals surface area contributed by atoms with Crippen LogP contribution in [0.15, 0.2) is 46.3 Å². The van der Waals surface area contributed by atoms with E-state index in [0.29, 0.717) is 22.8 Å². The summed E-state index contributed by atoms with van der Waals surface area (Å²) in [4.78, 5) is 43.2. The van der Waals surface area contributed by atoms with Crippen molar-refractivity contribution >= 4 is 23.6 Å². The number of esters is 1. The Morgan fingerprint density at radius 2 is 2.00 bits per heavy atom. The van der Waals surface area contributed by atoms with Crippen LogP contribution < -0.4 is 10.9 Å². The zero-order valence-electron chi connectivity index (χ0n) is 14.8. The number of carbonyl (C=O) groups is 2. The third-order valence-electron chi connectivity index (χ3n) is 3.62. The minimum Gasteiger partial charge on any atom is -0.467 e. The Bertz CT molecular complexity index is 823. The third kappa shape index (κ3) is 5.19. The molecule has 1 amide bonds. The molecule has 138 valence electrons. The van der Waals surface area contributed by atoms with Gasteiger partial charge in [-0.1, -0.05) is 49.0 Å². The lowest BCUT2D eigenvalue weighted by atomic mass is 10.1. The van der Waals surface area contributed by atoms with Crippen LogP contribution in [-0.2, 0) is 14.3 Å². The number of thioether (sulfide) groups is 1. The molecule has 0 spiro atoms. The molecule has 0 radical (unpaired) electrons. The molecule has 2 atom stereocenters. The summed E-state index contributed by atoms with van der Waals surface area (Å²) in [6.07, 6.45) is 0.497. The van der Waals surface area contributed by atoms with Gasteiger partial charge in [0.2, 0.25) is 5.91 Å². The number of hydrogen-bond donors (Lipinski definition) is 2. The first-order valence-electron chi connectivity index (χ1n) is 8.12. The maximum Gasteiger partial charge on any atom is 0.333 e. The molecule has 0 saturated heterocycles. The van der Waals surface area contributed by atoms with Gasteiger partial charge >= 0.3 is 5.97 Å². The number of benzene rings is 1. The lowest BCUT2D eigenvalue weighted by Crippen LogP contribution is -2.39. The number of aryl methyl sites for hydroxylation is 1. The molecule has 1 aromatic heterocycles. The average Bonchev–Trinajstić information content (AvgIpc) is 2.63. The van der Waals surface area contributed by atoms with Gasteiger partial charge in [0.25, 0.3) is 5.56 Å². The predicted octanol–water partition coefficient (Wildman–Crippen LogP) is 1.98. The molecule has 0 saturated carbocycles. The molecule has 0 bridgehead atoms. The number of methoxy groups -OCH3 is 1. The summed E-state index contributed by atoms with van der Waals surface area (Å²) in [7, 11) is 1.28. The number of nitrogens with zero attached hydrogens (tertiary/aromatic N) is 1. The van der Waals surface area contributed by atoms with Crippen LogP contribution in [0.2, 0.25) is 0 Å². The van der Waals surface area contributed by atoms with Crippen LogP contribution >= 0.6 is 11.8 Å². The standard InChI is InChI=1S/C18H21N3O4S/c1-4-13(26-18-19-11(2)10-14(22)20-18)16(23)21-15(17(24)25-3)12-8-6-5-7-9-12/h5-10,13,15H,4H2,1-3H3,(H,21,23)(H,19,20,22)/t13-,15+/m0/s1. The molecule has 0 fully saturated rings. The van der Waals surface area contributed by atoms with Crippen molar-refractivity contribution in [2.75, 3.05) is 7.11 Å². The molecule has 7 nitrogen and oxygen atoms in total. The molecule has 26 heavy (non-hydrogen) atoms. The van der Waals surface area contributed by atoms with Gasteiger partial charge in [-0.05, 0) is 18.9 Å². The van der Waals surface area contributed by atoms with Crippen molar-refractivity contribution in [2.45, 2.75) is 36.7 Å². The maximum absolute atomic E-state index is 12.7. The van der Waals surface area contributed by atoms with Gasteiger partial charge in [-0.2, -0.15) is 0 Å². The molecule has 2 rings (SSSR count). The fourth-order valence-electron chi connectivity index (χ4n) is 2.34. The van der Waals surface area contributed by atoms with Gasteiger partial charge < -0.3 is 15.0 Å². The van der Waals surface area contributed by atoms with Gasteiger partial charge in [0.05, 0.1) is 12.4 Å². The normalized spacial score (nSPS) is 12.9. The number of rotatable bonds is 7. The van der Waals surface area contributed by atoms with Gasteiger partial charge in [0.1, 0.15) is 0 Å². The average molecular weight is 375 g/mol. The highest BCUT2D eigenvalue weighted by Gasteiger charge is 2.27. The molecular weight excluding hydrogens is 354 g/mol. The molecule has 0 unspecified atom stereocenters. The Balaban J connectivity index is 2.17. The van der Waals surface area contributed by atoms with Crippen molar-refractivity contribution in [1.29, 1.82) is 0 Å². The molecule has 2 aromatic rings. The summed E-state index contributed by atoms with van der Waals surface area (Å²) in [5.74, 6) is -0.882. The molecule has 0 aliphatic heterocycles. The number of hydrogen-bond acceptors (Lipinski definition) is 6. The number of aromatic amines is 1. The second kappa shape index (κ2) is 9.19. The summed E-state index contributed by atoms with van der Waals surface area (Å²) in [6, 6.07) is 9.37. The fraction of sp³-hybridized carbons (Fsp3) is 0.333. The van der Waals surface area contributed by atoms with Gasteiger partial charge in [-0.15, -0.1) is 0 Å². The van der Waals surface area contributed by atoms with Crippen molar-refractivity contribution in [1.82, 2.24) is 15.3 Å². The Labute approximate surface area is 155 Å². The summed E-state index contributed by atoms with van der Waals surface area (Å²) in [5.41, 5.74) is 0.935.